The number of amides is 1. The van der Waals surface area contributed by atoms with Crippen LogP contribution in [0.2, 0.25) is 5.02 Å². The molecule has 104 valence electrons. The van der Waals surface area contributed by atoms with Crippen LogP contribution in [-0.2, 0) is 0 Å². The van der Waals surface area contributed by atoms with Crippen molar-refractivity contribution in [3.8, 4) is 5.75 Å². The van der Waals surface area contributed by atoms with Crippen LogP contribution in [0.4, 0.5) is 0 Å². The summed E-state index contributed by atoms with van der Waals surface area (Å²) in [7, 11) is 0. The second-order valence-corrected chi connectivity index (χ2v) is 6.16. The molecule has 1 saturated heterocycles. The lowest BCUT2D eigenvalue weighted by molar-refractivity contribution is 0.0247. The number of rotatable bonds is 1. The summed E-state index contributed by atoms with van der Waals surface area (Å²) in [6.45, 7) is 2.81. The fraction of sp³-hybridized carbons (Fsp3) is 0.462. The maximum atomic E-state index is 12.4. The number of phenols is 1. The standard InChI is InChI=1S/C13H15BrClNO3/c1-7-2-3-16(6-11(7)17)13(19)9-4-8(15)5-10(14)12(9)18/h4-5,7,11,17-18H,2-3,6H2,1H3. The van der Waals surface area contributed by atoms with Gasteiger partial charge in [-0.05, 0) is 40.4 Å². The molecule has 1 aliphatic heterocycles. The van der Waals surface area contributed by atoms with Crippen molar-refractivity contribution in [1.29, 1.82) is 0 Å². The topological polar surface area (TPSA) is 60.8 Å². The molecule has 0 saturated carbocycles. The highest BCUT2D eigenvalue weighted by atomic mass is 79.9. The molecule has 6 heteroatoms. The second kappa shape index (κ2) is 5.69. The molecule has 2 unspecified atom stereocenters. The van der Waals surface area contributed by atoms with E-state index in [1.807, 2.05) is 6.92 Å². The molecule has 1 heterocycles. The van der Waals surface area contributed by atoms with E-state index >= 15 is 0 Å². The third kappa shape index (κ3) is 3.04. The average molecular weight is 349 g/mol. The first-order valence-corrected chi connectivity index (χ1v) is 7.22. The van der Waals surface area contributed by atoms with Gasteiger partial charge in [-0.2, -0.15) is 0 Å². The fourth-order valence-electron chi connectivity index (χ4n) is 2.13. The number of hydrogen-bond donors (Lipinski definition) is 2. The van der Waals surface area contributed by atoms with E-state index in [0.29, 0.717) is 16.0 Å². The van der Waals surface area contributed by atoms with E-state index in [1.165, 1.54) is 12.1 Å². The van der Waals surface area contributed by atoms with Gasteiger partial charge < -0.3 is 15.1 Å². The Morgan fingerprint density at radius 2 is 2.21 bits per heavy atom. The lowest BCUT2D eigenvalue weighted by atomic mass is 9.95. The quantitative estimate of drug-likeness (QED) is 0.820. The number of benzene rings is 1. The highest BCUT2D eigenvalue weighted by Crippen LogP contribution is 2.33. The van der Waals surface area contributed by atoms with Crippen molar-refractivity contribution in [2.24, 2.45) is 5.92 Å². The minimum absolute atomic E-state index is 0.123. The van der Waals surface area contributed by atoms with Gasteiger partial charge in [-0.3, -0.25) is 4.79 Å². The summed E-state index contributed by atoms with van der Waals surface area (Å²) in [6.07, 6.45) is 0.220. The number of piperidine rings is 1. The lowest BCUT2D eigenvalue weighted by Gasteiger charge is -2.34. The molecule has 4 nitrogen and oxygen atoms in total. The van der Waals surface area contributed by atoms with Gasteiger partial charge in [0.05, 0.1) is 16.1 Å². The molecular weight excluding hydrogens is 334 g/mol. The van der Waals surface area contributed by atoms with E-state index in [9.17, 15) is 15.0 Å². The molecule has 2 N–H and O–H groups in total. The van der Waals surface area contributed by atoms with Crippen molar-refractivity contribution in [1.82, 2.24) is 4.90 Å². The minimum atomic E-state index is -0.525. The Kier molecular flexibility index (Phi) is 4.38. The van der Waals surface area contributed by atoms with E-state index in [0.717, 1.165) is 6.42 Å². The third-order valence-electron chi connectivity index (χ3n) is 3.46. The third-order valence-corrected chi connectivity index (χ3v) is 4.29. The second-order valence-electron chi connectivity index (χ2n) is 4.87. The number of nitrogens with zero attached hydrogens (tertiary/aromatic N) is 1. The van der Waals surface area contributed by atoms with Gasteiger partial charge in [0, 0.05) is 18.1 Å². The lowest BCUT2D eigenvalue weighted by Crippen LogP contribution is -2.45. The van der Waals surface area contributed by atoms with Crippen LogP contribution in [0.1, 0.15) is 23.7 Å². The Morgan fingerprint density at radius 3 is 2.84 bits per heavy atom. The first kappa shape index (κ1) is 14.6. The fourth-order valence-corrected chi connectivity index (χ4v) is 2.94. The molecule has 1 amide bonds. The summed E-state index contributed by atoms with van der Waals surface area (Å²) in [5.74, 6) is -0.252. The summed E-state index contributed by atoms with van der Waals surface area (Å²) in [5, 5.41) is 20.1. The van der Waals surface area contributed by atoms with Gasteiger partial charge in [0.15, 0.2) is 0 Å². The van der Waals surface area contributed by atoms with Gasteiger partial charge in [0.2, 0.25) is 0 Å². The molecule has 1 fully saturated rings. The van der Waals surface area contributed by atoms with Crippen LogP contribution in [0.3, 0.4) is 0 Å². The first-order chi connectivity index (χ1) is 8.90. The summed E-state index contributed by atoms with van der Waals surface area (Å²) in [4.78, 5) is 13.9. The molecule has 0 bridgehead atoms. The zero-order valence-corrected chi connectivity index (χ0v) is 12.8. The Morgan fingerprint density at radius 1 is 1.53 bits per heavy atom. The number of phenolic OH excluding ortho intramolecular Hbond substituents is 1. The Balaban J connectivity index is 2.25. The van der Waals surface area contributed by atoms with Gasteiger partial charge in [0.25, 0.3) is 5.91 Å². The van der Waals surface area contributed by atoms with Crippen LogP contribution < -0.4 is 0 Å². The number of carbonyl (C=O) groups is 1. The van der Waals surface area contributed by atoms with Crippen molar-refractivity contribution >= 4 is 33.4 Å². The molecule has 2 atom stereocenters. The Hall–Kier alpha value is -0.780. The van der Waals surface area contributed by atoms with E-state index in [-0.39, 0.29) is 29.7 Å². The van der Waals surface area contributed by atoms with Crippen LogP contribution >= 0.6 is 27.5 Å². The normalized spacial score (nSPS) is 23.5. The SMILES string of the molecule is CC1CCN(C(=O)c2cc(Cl)cc(Br)c2O)CC1O. The molecule has 0 radical (unpaired) electrons. The number of aliphatic hydroxyl groups is 1. The van der Waals surface area contributed by atoms with Gasteiger partial charge in [0.1, 0.15) is 5.75 Å². The van der Waals surface area contributed by atoms with Gasteiger partial charge >= 0.3 is 0 Å². The Bertz CT molecular complexity index is 509. The summed E-state index contributed by atoms with van der Waals surface area (Å²) >= 11 is 9.05. The van der Waals surface area contributed by atoms with Crippen LogP contribution in [-0.4, -0.2) is 40.2 Å². The van der Waals surface area contributed by atoms with Crippen molar-refractivity contribution < 1.29 is 15.0 Å². The van der Waals surface area contributed by atoms with E-state index < -0.39 is 6.10 Å². The van der Waals surface area contributed by atoms with E-state index in [1.54, 1.807) is 4.90 Å². The van der Waals surface area contributed by atoms with Crippen molar-refractivity contribution in [2.45, 2.75) is 19.4 Å². The van der Waals surface area contributed by atoms with Gasteiger partial charge in [-0.15, -0.1) is 0 Å². The number of hydrogen-bond acceptors (Lipinski definition) is 3. The smallest absolute Gasteiger partial charge is 0.257 e. The molecule has 1 aromatic carbocycles. The van der Waals surface area contributed by atoms with Crippen LogP contribution in [0.15, 0.2) is 16.6 Å². The number of aliphatic hydroxyl groups excluding tert-OH is 1. The molecule has 0 aliphatic carbocycles. The predicted octanol–water partition coefficient (Wildman–Crippen LogP) is 2.65. The largest absolute Gasteiger partial charge is 0.506 e. The first-order valence-electron chi connectivity index (χ1n) is 6.05. The average Bonchev–Trinajstić information content (AvgIpc) is 2.36. The van der Waals surface area contributed by atoms with Crippen LogP contribution in [0.5, 0.6) is 5.75 Å². The van der Waals surface area contributed by atoms with Gasteiger partial charge in [-0.25, -0.2) is 0 Å². The maximum absolute atomic E-state index is 12.4. The number of aromatic hydroxyl groups is 1. The molecule has 0 spiro atoms. The molecular formula is C13H15BrClNO3. The zero-order chi connectivity index (χ0) is 14.2. The highest BCUT2D eigenvalue weighted by Gasteiger charge is 2.29. The highest BCUT2D eigenvalue weighted by molar-refractivity contribution is 9.10. The molecule has 1 aromatic rings. The number of likely N-dealkylation sites (tertiary alicyclic amines) is 1. The van der Waals surface area contributed by atoms with Crippen molar-refractivity contribution in [3.63, 3.8) is 0 Å². The summed E-state index contributed by atoms with van der Waals surface area (Å²) < 4.78 is 0.384. The zero-order valence-electron chi connectivity index (χ0n) is 10.4. The van der Waals surface area contributed by atoms with Crippen molar-refractivity contribution in [3.05, 3.63) is 27.2 Å². The Labute approximate surface area is 125 Å². The van der Waals surface area contributed by atoms with Gasteiger partial charge in [-0.1, -0.05) is 18.5 Å². The number of β-amino-alcohol motifs (C(OH)–C–C–N with tert-alkyl or cyclic N) is 1. The molecule has 0 aromatic heterocycles. The predicted molar refractivity (Wildman–Crippen MR) is 76.5 cm³/mol. The van der Waals surface area contributed by atoms with Crippen molar-refractivity contribution in [2.75, 3.05) is 13.1 Å². The number of carbonyl (C=O) groups excluding carboxylic acids is 1. The molecule has 2 rings (SSSR count). The maximum Gasteiger partial charge on any atom is 0.257 e. The molecule has 1 aliphatic rings. The summed E-state index contributed by atoms with van der Waals surface area (Å²) in [6, 6.07) is 2.97. The monoisotopic (exact) mass is 347 g/mol. The summed E-state index contributed by atoms with van der Waals surface area (Å²) in [5.41, 5.74) is 0.154. The van der Waals surface area contributed by atoms with E-state index in [4.69, 9.17) is 11.6 Å². The number of halogens is 2. The minimum Gasteiger partial charge on any atom is -0.506 e. The van der Waals surface area contributed by atoms with Crippen LogP contribution in [0.25, 0.3) is 0 Å². The van der Waals surface area contributed by atoms with E-state index in [2.05, 4.69) is 15.9 Å². The van der Waals surface area contributed by atoms with Crippen LogP contribution in [0, 0.1) is 5.92 Å². The molecule has 19 heavy (non-hydrogen) atoms.